The maximum Gasteiger partial charge on any atom is 0.265 e. The van der Waals surface area contributed by atoms with Gasteiger partial charge in [-0.15, -0.1) is 0 Å². The van der Waals surface area contributed by atoms with E-state index in [4.69, 9.17) is 27.9 Å². The summed E-state index contributed by atoms with van der Waals surface area (Å²) >= 11 is 12.0. The molecular weight excluding hydrogens is 333 g/mol. The number of halogens is 2. The lowest BCUT2D eigenvalue weighted by Gasteiger charge is -2.19. The molecule has 0 spiro atoms. The smallest absolute Gasteiger partial charge is 0.265 e. The number of aryl methyl sites for hydroxylation is 2. The highest BCUT2D eigenvalue weighted by Crippen LogP contribution is 2.26. The quantitative estimate of drug-likeness (QED) is 0.782. The Morgan fingerprint density at radius 1 is 1.17 bits per heavy atom. The third-order valence-electron chi connectivity index (χ3n) is 3.46. The van der Waals surface area contributed by atoms with E-state index >= 15 is 0 Å². The third-order valence-corrected chi connectivity index (χ3v) is 4.03. The molecule has 0 aliphatic rings. The SMILES string of the molecule is CCC(Oc1cc(C)ccc1C)C(=O)Nc1cc(Cl)ccc1Cl. The lowest BCUT2D eigenvalue weighted by molar-refractivity contribution is -0.122. The molecule has 0 radical (unpaired) electrons. The van der Waals surface area contributed by atoms with Crippen molar-refractivity contribution in [1.82, 2.24) is 0 Å². The molecule has 0 aliphatic carbocycles. The van der Waals surface area contributed by atoms with Crippen LogP contribution in [0.4, 0.5) is 5.69 Å². The Bertz CT molecular complexity index is 716. The van der Waals surface area contributed by atoms with Gasteiger partial charge in [-0.3, -0.25) is 4.79 Å². The Morgan fingerprint density at radius 2 is 1.91 bits per heavy atom. The van der Waals surface area contributed by atoms with Gasteiger partial charge in [0.2, 0.25) is 0 Å². The van der Waals surface area contributed by atoms with Crippen molar-refractivity contribution in [3.05, 3.63) is 57.6 Å². The number of carbonyl (C=O) groups excluding carboxylic acids is 1. The summed E-state index contributed by atoms with van der Waals surface area (Å²) in [4.78, 5) is 12.5. The van der Waals surface area contributed by atoms with Gasteiger partial charge >= 0.3 is 0 Å². The van der Waals surface area contributed by atoms with Gasteiger partial charge in [-0.1, -0.05) is 42.3 Å². The maximum atomic E-state index is 12.5. The number of carbonyl (C=O) groups is 1. The molecule has 5 heteroatoms. The van der Waals surface area contributed by atoms with Crippen molar-refractivity contribution in [2.75, 3.05) is 5.32 Å². The van der Waals surface area contributed by atoms with E-state index in [1.54, 1.807) is 18.2 Å². The molecule has 0 saturated heterocycles. The number of nitrogens with one attached hydrogen (secondary N) is 1. The van der Waals surface area contributed by atoms with Crippen LogP contribution in [0.25, 0.3) is 0 Å². The first-order valence-corrected chi connectivity index (χ1v) is 8.16. The molecule has 122 valence electrons. The third kappa shape index (κ3) is 4.63. The fraction of sp³-hybridized carbons (Fsp3) is 0.278. The summed E-state index contributed by atoms with van der Waals surface area (Å²) < 4.78 is 5.89. The van der Waals surface area contributed by atoms with Crippen LogP contribution in [0, 0.1) is 13.8 Å². The van der Waals surface area contributed by atoms with E-state index in [0.717, 1.165) is 11.1 Å². The van der Waals surface area contributed by atoms with Gasteiger partial charge in [0, 0.05) is 5.02 Å². The van der Waals surface area contributed by atoms with Gasteiger partial charge in [-0.2, -0.15) is 0 Å². The standard InChI is InChI=1S/C18H19Cl2NO2/c1-4-16(23-17-9-11(2)5-6-12(17)3)18(22)21-15-10-13(19)7-8-14(15)20/h5-10,16H,4H2,1-3H3,(H,21,22). The second-order valence-electron chi connectivity index (χ2n) is 5.40. The number of amides is 1. The Kier molecular flexibility index (Phi) is 5.91. The van der Waals surface area contributed by atoms with E-state index in [0.29, 0.717) is 27.9 Å². The number of anilines is 1. The Labute approximate surface area is 146 Å². The zero-order chi connectivity index (χ0) is 17.0. The second-order valence-corrected chi connectivity index (χ2v) is 6.24. The normalized spacial score (nSPS) is 11.9. The van der Waals surface area contributed by atoms with Crippen molar-refractivity contribution in [3.63, 3.8) is 0 Å². The summed E-state index contributed by atoms with van der Waals surface area (Å²) in [7, 11) is 0. The number of rotatable bonds is 5. The molecule has 0 heterocycles. The molecule has 0 aliphatic heterocycles. The van der Waals surface area contributed by atoms with Gasteiger partial charge in [0.05, 0.1) is 10.7 Å². The molecule has 23 heavy (non-hydrogen) atoms. The molecule has 2 aromatic rings. The number of benzene rings is 2. The summed E-state index contributed by atoms with van der Waals surface area (Å²) in [5, 5.41) is 3.72. The topological polar surface area (TPSA) is 38.3 Å². The van der Waals surface area contributed by atoms with E-state index in [1.165, 1.54) is 0 Å². The average molecular weight is 352 g/mol. The number of hydrogen-bond acceptors (Lipinski definition) is 2. The molecule has 2 aromatic carbocycles. The Morgan fingerprint density at radius 3 is 2.61 bits per heavy atom. The van der Waals surface area contributed by atoms with Crippen molar-refractivity contribution in [2.24, 2.45) is 0 Å². The minimum atomic E-state index is -0.606. The monoisotopic (exact) mass is 351 g/mol. The first-order valence-electron chi connectivity index (χ1n) is 7.40. The summed E-state index contributed by atoms with van der Waals surface area (Å²) in [6.45, 7) is 5.83. The molecule has 0 fully saturated rings. The first-order chi connectivity index (χ1) is 10.9. The van der Waals surface area contributed by atoms with Crippen LogP contribution >= 0.6 is 23.2 Å². The van der Waals surface area contributed by atoms with Crippen LogP contribution in [0.15, 0.2) is 36.4 Å². The van der Waals surface area contributed by atoms with Crippen LogP contribution in [0.3, 0.4) is 0 Å². The number of hydrogen-bond donors (Lipinski definition) is 1. The molecule has 1 unspecified atom stereocenters. The van der Waals surface area contributed by atoms with Gasteiger partial charge in [0.1, 0.15) is 5.75 Å². The van der Waals surface area contributed by atoms with Crippen molar-refractivity contribution in [2.45, 2.75) is 33.3 Å². The van der Waals surface area contributed by atoms with Gasteiger partial charge in [0.15, 0.2) is 6.10 Å². The summed E-state index contributed by atoms with van der Waals surface area (Å²) in [5.74, 6) is 0.460. The Hall–Kier alpha value is -1.71. The van der Waals surface area contributed by atoms with Crippen molar-refractivity contribution in [3.8, 4) is 5.75 Å². The lowest BCUT2D eigenvalue weighted by Crippen LogP contribution is -2.32. The van der Waals surface area contributed by atoms with Crippen LogP contribution in [-0.2, 0) is 4.79 Å². The second kappa shape index (κ2) is 7.71. The zero-order valence-corrected chi connectivity index (χ0v) is 14.8. The molecule has 0 aromatic heterocycles. The first kappa shape index (κ1) is 17.6. The lowest BCUT2D eigenvalue weighted by atomic mass is 10.1. The number of ether oxygens (including phenoxy) is 1. The molecule has 1 N–H and O–H groups in total. The molecule has 0 saturated carbocycles. The molecule has 0 bridgehead atoms. The molecule has 1 atom stereocenters. The van der Waals surface area contributed by atoms with Crippen LogP contribution in [0.5, 0.6) is 5.75 Å². The van der Waals surface area contributed by atoms with Crippen LogP contribution < -0.4 is 10.1 Å². The Balaban J connectivity index is 2.15. The van der Waals surface area contributed by atoms with E-state index in [1.807, 2.05) is 39.0 Å². The van der Waals surface area contributed by atoms with E-state index < -0.39 is 6.10 Å². The summed E-state index contributed by atoms with van der Waals surface area (Å²) in [6, 6.07) is 10.8. The highest BCUT2D eigenvalue weighted by atomic mass is 35.5. The fourth-order valence-corrected chi connectivity index (χ4v) is 2.45. The minimum Gasteiger partial charge on any atom is -0.480 e. The van der Waals surface area contributed by atoms with Gasteiger partial charge in [-0.05, 0) is 55.7 Å². The molecule has 1 amide bonds. The van der Waals surface area contributed by atoms with E-state index in [9.17, 15) is 4.79 Å². The summed E-state index contributed by atoms with van der Waals surface area (Å²) in [6.07, 6.45) is -0.0669. The molecule has 2 rings (SSSR count). The average Bonchev–Trinajstić information content (AvgIpc) is 2.51. The van der Waals surface area contributed by atoms with Crippen LogP contribution in [0.1, 0.15) is 24.5 Å². The van der Waals surface area contributed by atoms with Crippen molar-refractivity contribution >= 4 is 34.8 Å². The fourth-order valence-electron chi connectivity index (χ4n) is 2.12. The largest absolute Gasteiger partial charge is 0.480 e. The van der Waals surface area contributed by atoms with Crippen LogP contribution in [-0.4, -0.2) is 12.0 Å². The van der Waals surface area contributed by atoms with Crippen LogP contribution in [0.2, 0.25) is 10.0 Å². The predicted octanol–water partition coefficient (Wildman–Crippen LogP) is 5.41. The van der Waals surface area contributed by atoms with Gasteiger partial charge in [0.25, 0.3) is 5.91 Å². The minimum absolute atomic E-state index is 0.252. The highest BCUT2D eigenvalue weighted by Gasteiger charge is 2.20. The van der Waals surface area contributed by atoms with Gasteiger partial charge < -0.3 is 10.1 Å². The zero-order valence-electron chi connectivity index (χ0n) is 13.3. The maximum absolute atomic E-state index is 12.5. The van der Waals surface area contributed by atoms with Gasteiger partial charge in [-0.25, -0.2) is 0 Å². The highest BCUT2D eigenvalue weighted by molar-refractivity contribution is 6.35. The van der Waals surface area contributed by atoms with Crippen molar-refractivity contribution < 1.29 is 9.53 Å². The van der Waals surface area contributed by atoms with Crippen molar-refractivity contribution in [1.29, 1.82) is 0 Å². The predicted molar refractivity (Wildman–Crippen MR) is 95.7 cm³/mol. The van der Waals surface area contributed by atoms with E-state index in [-0.39, 0.29) is 5.91 Å². The summed E-state index contributed by atoms with van der Waals surface area (Å²) in [5.41, 5.74) is 2.55. The molecule has 3 nitrogen and oxygen atoms in total. The van der Waals surface area contributed by atoms with E-state index in [2.05, 4.69) is 5.32 Å². The molecular formula is C18H19Cl2NO2.